The molecule has 2 heterocycles. The summed E-state index contributed by atoms with van der Waals surface area (Å²) in [5.74, 6) is -0.685. The highest BCUT2D eigenvalue weighted by Crippen LogP contribution is 2.28. The van der Waals surface area contributed by atoms with Crippen molar-refractivity contribution < 1.29 is 12.8 Å². The average molecular weight is 346 g/mol. The summed E-state index contributed by atoms with van der Waals surface area (Å²) in [5.41, 5.74) is 1.15. The normalized spacial score (nSPS) is 15.7. The van der Waals surface area contributed by atoms with E-state index < -0.39 is 15.8 Å². The van der Waals surface area contributed by atoms with Crippen LogP contribution in [0.2, 0.25) is 5.02 Å². The second kappa shape index (κ2) is 5.90. The maximum Gasteiger partial charge on any atom is 0.216 e. The van der Waals surface area contributed by atoms with Crippen LogP contribution >= 0.6 is 11.6 Å². The largest absolute Gasteiger partial charge is 0.231 e. The molecule has 1 aliphatic heterocycles. The van der Waals surface area contributed by atoms with Gasteiger partial charge in [-0.2, -0.15) is 4.31 Å². The summed E-state index contributed by atoms with van der Waals surface area (Å²) in [6.45, 7) is 0.475. The van der Waals surface area contributed by atoms with E-state index in [1.807, 2.05) is 0 Å². The number of hydrogen-bond acceptors (Lipinski definition) is 5. The number of aryl methyl sites for hydroxylation is 1. The quantitative estimate of drug-likeness (QED) is 0.820. The molecule has 0 bridgehead atoms. The van der Waals surface area contributed by atoms with E-state index in [1.54, 1.807) is 6.07 Å². The van der Waals surface area contributed by atoms with Crippen molar-refractivity contribution in [2.45, 2.75) is 19.5 Å². The lowest BCUT2D eigenvalue weighted by atomic mass is 10.0. The topological polar surface area (TPSA) is 81.0 Å². The zero-order valence-corrected chi connectivity index (χ0v) is 13.1. The molecule has 0 saturated heterocycles. The van der Waals surface area contributed by atoms with Gasteiger partial charge in [-0.05, 0) is 28.5 Å². The van der Waals surface area contributed by atoms with Crippen LogP contribution in [0, 0.1) is 5.82 Å². The highest BCUT2D eigenvalue weighted by molar-refractivity contribution is 7.89. The van der Waals surface area contributed by atoms with Crippen LogP contribution in [-0.4, -0.2) is 45.2 Å². The second-order valence-corrected chi connectivity index (χ2v) is 7.47. The molecule has 0 unspecified atom stereocenters. The number of tetrazole rings is 1. The number of sulfonamides is 1. The zero-order valence-electron chi connectivity index (χ0n) is 11.5. The van der Waals surface area contributed by atoms with Crippen molar-refractivity contribution >= 4 is 21.6 Å². The number of rotatable bonds is 4. The molecule has 1 aliphatic rings. The van der Waals surface area contributed by atoms with Crippen LogP contribution in [0.15, 0.2) is 18.5 Å². The number of nitrogens with zero attached hydrogens (tertiary/aromatic N) is 5. The fourth-order valence-corrected chi connectivity index (χ4v) is 3.94. The first kappa shape index (κ1) is 15.3. The minimum atomic E-state index is -3.52. The molecular weight excluding hydrogens is 333 g/mol. The summed E-state index contributed by atoms with van der Waals surface area (Å²) >= 11 is 5.77. The fourth-order valence-electron chi connectivity index (χ4n) is 2.40. The predicted molar refractivity (Wildman–Crippen MR) is 77.1 cm³/mol. The van der Waals surface area contributed by atoms with Crippen LogP contribution in [0.1, 0.15) is 11.1 Å². The van der Waals surface area contributed by atoms with Gasteiger partial charge in [0.1, 0.15) is 12.1 Å². The Balaban J connectivity index is 1.77. The van der Waals surface area contributed by atoms with Gasteiger partial charge in [0.2, 0.25) is 10.0 Å². The molecular formula is C12H13ClFN5O2S. The molecule has 118 valence electrons. The first-order valence-electron chi connectivity index (χ1n) is 6.62. The molecule has 1 aromatic heterocycles. The Morgan fingerprint density at radius 1 is 1.36 bits per heavy atom. The molecule has 2 aromatic rings. The fraction of sp³-hybridized carbons (Fsp3) is 0.417. The lowest BCUT2D eigenvalue weighted by Gasteiger charge is -2.28. The van der Waals surface area contributed by atoms with Crippen molar-refractivity contribution in [1.29, 1.82) is 0 Å². The summed E-state index contributed by atoms with van der Waals surface area (Å²) in [4.78, 5) is 0. The van der Waals surface area contributed by atoms with Crippen molar-refractivity contribution in [2.24, 2.45) is 0 Å². The second-order valence-electron chi connectivity index (χ2n) is 4.97. The Labute approximate surface area is 131 Å². The van der Waals surface area contributed by atoms with Crippen LogP contribution in [0.5, 0.6) is 0 Å². The van der Waals surface area contributed by atoms with Crippen LogP contribution in [0.4, 0.5) is 4.39 Å². The van der Waals surface area contributed by atoms with Gasteiger partial charge in [0, 0.05) is 18.7 Å². The lowest BCUT2D eigenvalue weighted by Crippen LogP contribution is -2.38. The Bertz CT molecular complexity index is 781. The van der Waals surface area contributed by atoms with Crippen LogP contribution in [0.3, 0.4) is 0 Å². The van der Waals surface area contributed by atoms with Gasteiger partial charge in [-0.15, -0.1) is 5.10 Å². The van der Waals surface area contributed by atoms with Gasteiger partial charge < -0.3 is 0 Å². The van der Waals surface area contributed by atoms with Gasteiger partial charge in [0.05, 0.1) is 17.3 Å². The number of fused-ring (bicyclic) bond motifs is 1. The van der Waals surface area contributed by atoms with E-state index in [9.17, 15) is 12.8 Å². The highest BCUT2D eigenvalue weighted by atomic mass is 35.5. The molecule has 1 aromatic carbocycles. The third-order valence-electron chi connectivity index (χ3n) is 3.62. The van der Waals surface area contributed by atoms with Gasteiger partial charge >= 0.3 is 0 Å². The van der Waals surface area contributed by atoms with Gasteiger partial charge in [0.25, 0.3) is 0 Å². The summed E-state index contributed by atoms with van der Waals surface area (Å²) < 4.78 is 41.4. The molecule has 0 spiro atoms. The maximum absolute atomic E-state index is 14.1. The predicted octanol–water partition coefficient (Wildman–Crippen LogP) is 0.854. The first-order chi connectivity index (χ1) is 10.5. The monoisotopic (exact) mass is 345 g/mol. The van der Waals surface area contributed by atoms with E-state index in [1.165, 1.54) is 21.4 Å². The minimum absolute atomic E-state index is 0.000330. The van der Waals surface area contributed by atoms with Crippen LogP contribution in [-0.2, 0) is 29.5 Å². The third kappa shape index (κ3) is 2.96. The molecule has 0 atom stereocenters. The summed E-state index contributed by atoms with van der Waals surface area (Å²) in [5, 5.41) is 10.5. The summed E-state index contributed by atoms with van der Waals surface area (Å²) in [6, 6.07) is 3.24. The molecule has 3 rings (SSSR count). The van der Waals surface area contributed by atoms with Crippen molar-refractivity contribution in [3.63, 3.8) is 0 Å². The first-order valence-corrected chi connectivity index (χ1v) is 8.60. The minimum Gasteiger partial charge on any atom is -0.231 e. The molecule has 0 saturated carbocycles. The van der Waals surface area contributed by atoms with Crippen molar-refractivity contribution in [3.05, 3.63) is 40.4 Å². The summed E-state index contributed by atoms with van der Waals surface area (Å²) in [6.07, 6.45) is 1.81. The van der Waals surface area contributed by atoms with Gasteiger partial charge in [-0.25, -0.2) is 17.5 Å². The van der Waals surface area contributed by atoms with Crippen LogP contribution in [0.25, 0.3) is 0 Å². The zero-order chi connectivity index (χ0) is 15.7. The van der Waals surface area contributed by atoms with Crippen LogP contribution < -0.4 is 0 Å². The third-order valence-corrected chi connectivity index (χ3v) is 5.71. The van der Waals surface area contributed by atoms with E-state index in [0.717, 1.165) is 5.56 Å². The Hall–Kier alpha value is -1.58. The Morgan fingerprint density at radius 2 is 2.18 bits per heavy atom. The number of halogens is 2. The van der Waals surface area contributed by atoms with Crippen molar-refractivity contribution in [1.82, 2.24) is 24.5 Å². The Morgan fingerprint density at radius 3 is 2.91 bits per heavy atom. The van der Waals surface area contributed by atoms with Gasteiger partial charge in [-0.3, -0.25) is 0 Å². The molecule has 0 radical (unpaired) electrons. The Kier molecular flexibility index (Phi) is 4.11. The van der Waals surface area contributed by atoms with E-state index in [4.69, 9.17) is 11.6 Å². The van der Waals surface area contributed by atoms with Gasteiger partial charge in [-0.1, -0.05) is 17.7 Å². The molecule has 10 heteroatoms. The number of hydrogen-bond donors (Lipinski definition) is 0. The molecule has 0 fully saturated rings. The number of aromatic nitrogens is 4. The van der Waals surface area contributed by atoms with E-state index >= 15 is 0 Å². The smallest absolute Gasteiger partial charge is 0.216 e. The highest BCUT2D eigenvalue weighted by Gasteiger charge is 2.28. The summed E-state index contributed by atoms with van der Waals surface area (Å²) in [7, 11) is -3.52. The molecule has 7 nitrogen and oxygen atoms in total. The molecule has 22 heavy (non-hydrogen) atoms. The van der Waals surface area contributed by atoms with E-state index in [0.29, 0.717) is 18.5 Å². The van der Waals surface area contributed by atoms with E-state index in [-0.39, 0.29) is 23.9 Å². The van der Waals surface area contributed by atoms with Crippen molar-refractivity contribution in [2.75, 3.05) is 12.3 Å². The maximum atomic E-state index is 14.1. The standard InChI is InChI=1S/C12H13ClFN5O2S/c13-11-2-1-9-3-4-19(7-10(9)12(11)14)22(20,21)6-5-18-8-15-16-17-18/h1-2,8H,3-7H2. The molecule has 0 aliphatic carbocycles. The SMILES string of the molecule is O=S(=O)(CCn1cnnn1)N1CCc2ccc(Cl)c(F)c2C1. The molecule has 0 N–H and O–H groups in total. The van der Waals surface area contributed by atoms with E-state index in [2.05, 4.69) is 15.5 Å². The average Bonchev–Trinajstić information content (AvgIpc) is 3.02. The number of benzene rings is 1. The lowest BCUT2D eigenvalue weighted by molar-refractivity contribution is 0.379. The van der Waals surface area contributed by atoms with Crippen molar-refractivity contribution in [3.8, 4) is 0 Å². The van der Waals surface area contributed by atoms with Gasteiger partial charge in [0.15, 0.2) is 0 Å². The molecule has 0 amide bonds.